The van der Waals surface area contributed by atoms with Crippen molar-refractivity contribution in [1.82, 2.24) is 15.6 Å². The van der Waals surface area contributed by atoms with Crippen molar-refractivity contribution in [1.29, 1.82) is 0 Å². The summed E-state index contributed by atoms with van der Waals surface area (Å²) in [6.07, 6.45) is 5.11. The summed E-state index contributed by atoms with van der Waals surface area (Å²) >= 11 is 1.43. The Balaban J connectivity index is 1.45. The molecule has 5 nitrogen and oxygen atoms in total. The Hall–Kier alpha value is -1.92. The van der Waals surface area contributed by atoms with Gasteiger partial charge in [-0.05, 0) is 43.5 Å². The van der Waals surface area contributed by atoms with Crippen LogP contribution in [0, 0.1) is 0 Å². The highest BCUT2D eigenvalue weighted by atomic mass is 32.1. The number of amides is 1. The number of thiazole rings is 1. The number of hydrogen-bond acceptors (Lipinski definition) is 5. The zero-order chi connectivity index (χ0) is 15.8. The lowest BCUT2D eigenvalue weighted by Gasteiger charge is -2.20. The van der Waals surface area contributed by atoms with Crippen molar-refractivity contribution in [2.75, 3.05) is 7.11 Å². The highest BCUT2D eigenvalue weighted by Gasteiger charge is 2.39. The Morgan fingerprint density at radius 3 is 2.83 bits per heavy atom. The quantitative estimate of drug-likeness (QED) is 0.904. The van der Waals surface area contributed by atoms with Crippen LogP contribution in [0.1, 0.15) is 28.9 Å². The fraction of sp³-hybridized carbons (Fsp3) is 0.412. The Kier molecular flexibility index (Phi) is 3.79. The van der Waals surface area contributed by atoms with E-state index < -0.39 is 0 Å². The van der Waals surface area contributed by atoms with Crippen molar-refractivity contribution in [3.8, 4) is 16.3 Å². The van der Waals surface area contributed by atoms with Crippen molar-refractivity contribution in [3.63, 3.8) is 0 Å². The standard InChI is InChI=1S/C17H19N3O2S/c1-22-12-5-2-10(3-6-12)17-18-9-15(23-17)16(21)20-14-8-11-4-7-13(14)19-11/h2-3,5-6,9,11,13-14,19H,4,7-8H2,1H3,(H,20,21)/t11-,13+,14-/m1/s1. The number of carbonyl (C=O) groups excluding carboxylic acids is 1. The molecule has 1 aromatic heterocycles. The van der Waals surface area contributed by atoms with Crippen LogP contribution >= 0.6 is 11.3 Å². The summed E-state index contributed by atoms with van der Waals surface area (Å²) in [6, 6.07) is 9.00. The maximum absolute atomic E-state index is 12.4. The predicted molar refractivity (Wildman–Crippen MR) is 89.9 cm³/mol. The summed E-state index contributed by atoms with van der Waals surface area (Å²) in [5.41, 5.74) is 0.997. The van der Waals surface area contributed by atoms with E-state index in [0.717, 1.165) is 29.2 Å². The van der Waals surface area contributed by atoms with Crippen molar-refractivity contribution in [3.05, 3.63) is 35.3 Å². The maximum Gasteiger partial charge on any atom is 0.263 e. The van der Waals surface area contributed by atoms with E-state index in [4.69, 9.17) is 4.74 Å². The van der Waals surface area contributed by atoms with Gasteiger partial charge in [-0.3, -0.25) is 4.79 Å². The molecule has 0 radical (unpaired) electrons. The molecule has 0 spiro atoms. The number of carbonyl (C=O) groups is 1. The van der Waals surface area contributed by atoms with E-state index in [9.17, 15) is 4.79 Å². The van der Waals surface area contributed by atoms with Gasteiger partial charge in [-0.1, -0.05) is 0 Å². The highest BCUT2D eigenvalue weighted by molar-refractivity contribution is 7.16. The minimum absolute atomic E-state index is 0.0124. The summed E-state index contributed by atoms with van der Waals surface area (Å²) in [6.45, 7) is 0. The molecule has 2 aromatic rings. The zero-order valence-electron chi connectivity index (χ0n) is 12.9. The van der Waals surface area contributed by atoms with Gasteiger partial charge in [-0.2, -0.15) is 0 Å². The SMILES string of the molecule is COc1ccc(-c2ncc(C(=O)N[C@@H]3C[C@H]4CC[C@@H]3N4)s2)cc1. The second-order valence-electron chi connectivity index (χ2n) is 6.12. The van der Waals surface area contributed by atoms with Crippen LogP contribution in [-0.4, -0.2) is 36.1 Å². The van der Waals surface area contributed by atoms with Crippen LogP contribution in [0.5, 0.6) is 5.75 Å². The Labute approximate surface area is 139 Å². The van der Waals surface area contributed by atoms with Crippen LogP contribution in [0.4, 0.5) is 0 Å². The number of nitrogens with one attached hydrogen (secondary N) is 2. The molecule has 2 aliphatic rings. The first-order chi connectivity index (χ1) is 11.2. The Morgan fingerprint density at radius 2 is 2.17 bits per heavy atom. The van der Waals surface area contributed by atoms with Crippen LogP contribution in [0.2, 0.25) is 0 Å². The minimum Gasteiger partial charge on any atom is -0.497 e. The molecule has 3 heterocycles. The molecule has 6 heteroatoms. The third-order valence-corrected chi connectivity index (χ3v) is 5.73. The topological polar surface area (TPSA) is 63.2 Å². The van der Waals surface area contributed by atoms with E-state index in [1.54, 1.807) is 13.3 Å². The number of benzene rings is 1. The number of nitrogens with zero attached hydrogens (tertiary/aromatic N) is 1. The molecule has 3 atom stereocenters. The van der Waals surface area contributed by atoms with Crippen molar-refractivity contribution >= 4 is 17.2 Å². The van der Waals surface area contributed by atoms with Gasteiger partial charge >= 0.3 is 0 Å². The average molecular weight is 329 g/mol. The molecule has 4 rings (SSSR count). The van der Waals surface area contributed by atoms with Gasteiger partial charge in [-0.25, -0.2) is 4.98 Å². The molecule has 2 fully saturated rings. The van der Waals surface area contributed by atoms with Gasteiger partial charge in [0.25, 0.3) is 5.91 Å². The smallest absolute Gasteiger partial charge is 0.263 e. The fourth-order valence-corrected chi connectivity index (χ4v) is 4.29. The number of aromatic nitrogens is 1. The van der Waals surface area contributed by atoms with Crippen LogP contribution in [0.3, 0.4) is 0 Å². The summed E-state index contributed by atoms with van der Waals surface area (Å²) in [5.74, 6) is 0.800. The van der Waals surface area contributed by atoms with Gasteiger partial charge in [0, 0.05) is 23.7 Å². The molecule has 120 valence electrons. The third kappa shape index (κ3) is 2.84. The van der Waals surface area contributed by atoms with Crippen LogP contribution in [-0.2, 0) is 0 Å². The molecule has 0 aliphatic carbocycles. The van der Waals surface area contributed by atoms with E-state index in [2.05, 4.69) is 15.6 Å². The van der Waals surface area contributed by atoms with Gasteiger partial charge in [0.1, 0.15) is 15.6 Å². The average Bonchev–Trinajstić information content (AvgIpc) is 3.31. The predicted octanol–water partition coefficient (Wildman–Crippen LogP) is 2.44. The van der Waals surface area contributed by atoms with Gasteiger partial charge in [0.2, 0.25) is 0 Å². The Morgan fingerprint density at radius 1 is 1.35 bits per heavy atom. The molecular formula is C17H19N3O2S. The lowest BCUT2D eigenvalue weighted by atomic mass is 9.95. The second kappa shape index (κ2) is 5.94. The second-order valence-corrected chi connectivity index (χ2v) is 7.15. The van der Waals surface area contributed by atoms with Crippen LogP contribution in [0.15, 0.2) is 30.5 Å². The molecule has 2 aliphatic heterocycles. The number of rotatable bonds is 4. The molecule has 23 heavy (non-hydrogen) atoms. The number of hydrogen-bond donors (Lipinski definition) is 2. The molecule has 0 unspecified atom stereocenters. The summed E-state index contributed by atoms with van der Waals surface area (Å²) in [4.78, 5) is 17.5. The van der Waals surface area contributed by atoms with Gasteiger partial charge in [-0.15, -0.1) is 11.3 Å². The fourth-order valence-electron chi connectivity index (χ4n) is 3.47. The maximum atomic E-state index is 12.4. The van der Waals surface area contributed by atoms with E-state index in [-0.39, 0.29) is 11.9 Å². The summed E-state index contributed by atoms with van der Waals surface area (Å²) in [7, 11) is 1.64. The van der Waals surface area contributed by atoms with Crippen molar-refractivity contribution < 1.29 is 9.53 Å². The highest BCUT2D eigenvalue weighted by Crippen LogP contribution is 2.30. The lowest BCUT2D eigenvalue weighted by molar-refractivity contribution is 0.0935. The first-order valence-electron chi connectivity index (χ1n) is 7.90. The zero-order valence-corrected chi connectivity index (χ0v) is 13.7. The molecular weight excluding hydrogens is 310 g/mol. The summed E-state index contributed by atoms with van der Waals surface area (Å²) in [5, 5.41) is 7.55. The van der Waals surface area contributed by atoms with E-state index in [0.29, 0.717) is 17.0 Å². The molecule has 2 saturated heterocycles. The van der Waals surface area contributed by atoms with Gasteiger partial charge < -0.3 is 15.4 Å². The largest absolute Gasteiger partial charge is 0.497 e. The molecule has 1 aromatic carbocycles. The molecule has 2 bridgehead atoms. The molecule has 2 N–H and O–H groups in total. The van der Waals surface area contributed by atoms with E-state index in [1.807, 2.05) is 24.3 Å². The van der Waals surface area contributed by atoms with E-state index >= 15 is 0 Å². The van der Waals surface area contributed by atoms with Crippen molar-refractivity contribution in [2.24, 2.45) is 0 Å². The normalized spacial score (nSPS) is 25.5. The minimum atomic E-state index is -0.0124. The number of fused-ring (bicyclic) bond motifs is 2. The number of ether oxygens (including phenoxy) is 1. The van der Waals surface area contributed by atoms with Crippen molar-refractivity contribution in [2.45, 2.75) is 37.4 Å². The van der Waals surface area contributed by atoms with Gasteiger partial charge in [0.05, 0.1) is 13.3 Å². The monoisotopic (exact) mass is 329 g/mol. The van der Waals surface area contributed by atoms with Gasteiger partial charge in [0.15, 0.2) is 0 Å². The molecule has 0 saturated carbocycles. The van der Waals surface area contributed by atoms with Crippen LogP contribution < -0.4 is 15.4 Å². The third-order valence-electron chi connectivity index (χ3n) is 4.68. The van der Waals surface area contributed by atoms with Crippen LogP contribution in [0.25, 0.3) is 10.6 Å². The first-order valence-corrected chi connectivity index (χ1v) is 8.72. The number of methoxy groups -OCH3 is 1. The van der Waals surface area contributed by atoms with E-state index in [1.165, 1.54) is 17.8 Å². The Bertz CT molecular complexity index is 713. The first kappa shape index (κ1) is 14.7. The molecule has 1 amide bonds. The summed E-state index contributed by atoms with van der Waals surface area (Å²) < 4.78 is 5.16. The lowest BCUT2D eigenvalue weighted by Crippen LogP contribution is -2.42.